The lowest BCUT2D eigenvalue weighted by molar-refractivity contribution is -0.136. The molecule has 22 heavy (non-hydrogen) atoms. The minimum absolute atomic E-state index is 0.0589. The van der Waals surface area contributed by atoms with Gasteiger partial charge in [-0.15, -0.1) is 0 Å². The molecule has 0 spiro atoms. The molecule has 1 aromatic heterocycles. The summed E-state index contributed by atoms with van der Waals surface area (Å²) in [5.41, 5.74) is 1.51. The molecular formula is C15H10ClFN2O3. The zero-order valence-corrected chi connectivity index (χ0v) is 11.9. The van der Waals surface area contributed by atoms with Crippen LogP contribution in [0, 0.1) is 5.82 Å². The van der Waals surface area contributed by atoms with Crippen molar-refractivity contribution in [2.45, 2.75) is 6.42 Å². The molecule has 3 aromatic rings. The van der Waals surface area contributed by atoms with E-state index in [1.807, 2.05) is 0 Å². The van der Waals surface area contributed by atoms with Crippen LogP contribution in [0.25, 0.3) is 11.1 Å². The molecule has 3 rings (SSSR count). The van der Waals surface area contributed by atoms with E-state index in [9.17, 15) is 9.18 Å². The smallest absolute Gasteiger partial charge is 0.307 e. The number of anilines is 2. The molecule has 7 heteroatoms. The molecule has 0 atom stereocenters. The zero-order chi connectivity index (χ0) is 15.7. The van der Waals surface area contributed by atoms with Crippen molar-refractivity contribution in [3.8, 4) is 0 Å². The summed E-state index contributed by atoms with van der Waals surface area (Å²) in [7, 11) is 0. The van der Waals surface area contributed by atoms with Gasteiger partial charge in [0.25, 0.3) is 6.01 Å². The van der Waals surface area contributed by atoms with Crippen LogP contribution < -0.4 is 5.32 Å². The van der Waals surface area contributed by atoms with Crippen molar-refractivity contribution in [1.82, 2.24) is 4.98 Å². The molecule has 0 unspecified atom stereocenters. The number of aromatic nitrogens is 1. The Balaban J connectivity index is 1.88. The normalized spacial score (nSPS) is 10.8. The first kappa shape index (κ1) is 14.3. The molecule has 0 radical (unpaired) electrons. The van der Waals surface area contributed by atoms with Crippen molar-refractivity contribution in [3.63, 3.8) is 0 Å². The number of fused-ring (bicyclic) bond motifs is 1. The number of hydrogen-bond donors (Lipinski definition) is 2. The SMILES string of the molecule is O=C(O)Cc1ccc(Nc2nc3cccc(F)c3o2)c(Cl)c1. The number of para-hydroxylation sites is 1. The van der Waals surface area contributed by atoms with Crippen LogP contribution in [0.1, 0.15) is 5.56 Å². The number of rotatable bonds is 4. The molecule has 2 aromatic carbocycles. The number of benzene rings is 2. The van der Waals surface area contributed by atoms with Crippen molar-refractivity contribution >= 4 is 40.4 Å². The van der Waals surface area contributed by atoms with E-state index in [0.717, 1.165) is 0 Å². The van der Waals surface area contributed by atoms with Crippen molar-refractivity contribution in [1.29, 1.82) is 0 Å². The first-order valence-electron chi connectivity index (χ1n) is 6.35. The van der Waals surface area contributed by atoms with Gasteiger partial charge in [0, 0.05) is 0 Å². The van der Waals surface area contributed by atoms with Crippen molar-refractivity contribution in [2.75, 3.05) is 5.32 Å². The van der Waals surface area contributed by atoms with Crippen molar-refractivity contribution < 1.29 is 18.7 Å². The van der Waals surface area contributed by atoms with E-state index >= 15 is 0 Å². The molecule has 0 bridgehead atoms. The van der Waals surface area contributed by atoms with Crippen LogP contribution >= 0.6 is 11.6 Å². The van der Waals surface area contributed by atoms with Gasteiger partial charge < -0.3 is 14.8 Å². The predicted molar refractivity (Wildman–Crippen MR) is 80.0 cm³/mol. The van der Waals surface area contributed by atoms with Gasteiger partial charge in [-0.05, 0) is 29.8 Å². The molecule has 0 fully saturated rings. The Kier molecular flexibility index (Phi) is 3.68. The molecule has 112 valence electrons. The van der Waals surface area contributed by atoms with Gasteiger partial charge in [-0.2, -0.15) is 4.98 Å². The molecule has 0 aliphatic rings. The number of aliphatic carboxylic acids is 1. The van der Waals surface area contributed by atoms with E-state index < -0.39 is 11.8 Å². The number of halogens is 2. The van der Waals surface area contributed by atoms with Gasteiger partial charge in [0.05, 0.1) is 17.1 Å². The largest absolute Gasteiger partial charge is 0.481 e. The lowest BCUT2D eigenvalue weighted by Gasteiger charge is -2.06. The zero-order valence-electron chi connectivity index (χ0n) is 11.1. The minimum atomic E-state index is -0.939. The van der Waals surface area contributed by atoms with E-state index in [1.54, 1.807) is 24.3 Å². The van der Waals surface area contributed by atoms with Gasteiger partial charge in [0.15, 0.2) is 11.4 Å². The third kappa shape index (κ3) is 2.87. The lowest BCUT2D eigenvalue weighted by atomic mass is 10.1. The molecule has 0 aliphatic carbocycles. The summed E-state index contributed by atoms with van der Waals surface area (Å²) in [6, 6.07) is 9.35. The minimum Gasteiger partial charge on any atom is -0.481 e. The number of oxazole rings is 1. The van der Waals surface area contributed by atoms with E-state index in [4.69, 9.17) is 21.1 Å². The second-order valence-corrected chi connectivity index (χ2v) is 5.02. The lowest BCUT2D eigenvalue weighted by Crippen LogP contribution is -2.00. The second-order valence-electron chi connectivity index (χ2n) is 4.62. The summed E-state index contributed by atoms with van der Waals surface area (Å²) < 4.78 is 18.9. The van der Waals surface area contributed by atoms with Crippen LogP contribution in [0.2, 0.25) is 5.02 Å². The standard InChI is InChI=1S/C15H10ClFN2O3/c16-9-6-8(7-13(20)21)4-5-11(9)18-15-19-12-3-1-2-10(17)14(12)22-15/h1-6H,7H2,(H,18,19)(H,20,21). The predicted octanol–water partition coefficient (Wildman–Crippen LogP) is 3.99. The molecule has 5 nitrogen and oxygen atoms in total. The Hall–Kier alpha value is -2.60. The number of nitrogens with zero attached hydrogens (tertiary/aromatic N) is 1. The van der Waals surface area contributed by atoms with E-state index in [2.05, 4.69) is 10.3 Å². The third-order valence-corrected chi connectivity index (χ3v) is 3.31. The fraction of sp³-hybridized carbons (Fsp3) is 0.0667. The average molecular weight is 321 g/mol. The third-order valence-electron chi connectivity index (χ3n) is 3.00. The maximum absolute atomic E-state index is 13.5. The quantitative estimate of drug-likeness (QED) is 0.760. The van der Waals surface area contributed by atoms with Crippen LogP contribution in [0.3, 0.4) is 0 Å². The fourth-order valence-corrected chi connectivity index (χ4v) is 2.28. The summed E-state index contributed by atoms with van der Waals surface area (Å²) in [6.07, 6.45) is -0.117. The van der Waals surface area contributed by atoms with Crippen LogP contribution in [0.4, 0.5) is 16.1 Å². The Labute approximate surface area is 129 Å². The summed E-state index contributed by atoms with van der Waals surface area (Å²) in [5, 5.41) is 11.9. The molecule has 0 saturated heterocycles. The van der Waals surface area contributed by atoms with Crippen LogP contribution in [-0.4, -0.2) is 16.1 Å². The molecule has 0 amide bonds. The molecular weight excluding hydrogens is 311 g/mol. The van der Waals surface area contributed by atoms with E-state index in [1.165, 1.54) is 12.1 Å². The number of carboxylic acids is 1. The number of carbonyl (C=O) groups is 1. The molecule has 2 N–H and O–H groups in total. The summed E-state index contributed by atoms with van der Waals surface area (Å²) in [6.45, 7) is 0. The Bertz CT molecular complexity index is 863. The van der Waals surface area contributed by atoms with Crippen LogP contribution in [-0.2, 0) is 11.2 Å². The Morgan fingerprint density at radius 3 is 2.86 bits per heavy atom. The monoisotopic (exact) mass is 320 g/mol. The maximum Gasteiger partial charge on any atom is 0.307 e. The molecule has 0 aliphatic heterocycles. The summed E-state index contributed by atoms with van der Waals surface area (Å²) >= 11 is 6.09. The first-order valence-corrected chi connectivity index (χ1v) is 6.73. The van der Waals surface area contributed by atoms with Crippen LogP contribution in [0.15, 0.2) is 40.8 Å². The van der Waals surface area contributed by atoms with Crippen molar-refractivity contribution in [3.05, 3.63) is 52.8 Å². The highest BCUT2D eigenvalue weighted by atomic mass is 35.5. The number of hydrogen-bond acceptors (Lipinski definition) is 4. The Morgan fingerprint density at radius 1 is 1.36 bits per heavy atom. The fourth-order valence-electron chi connectivity index (χ4n) is 2.03. The molecule has 0 saturated carbocycles. The Morgan fingerprint density at radius 2 is 2.18 bits per heavy atom. The van der Waals surface area contributed by atoms with Gasteiger partial charge in [-0.3, -0.25) is 4.79 Å². The van der Waals surface area contributed by atoms with E-state index in [0.29, 0.717) is 21.8 Å². The highest BCUT2D eigenvalue weighted by Gasteiger charge is 2.11. The average Bonchev–Trinajstić information content (AvgIpc) is 2.85. The van der Waals surface area contributed by atoms with Gasteiger partial charge in [0.2, 0.25) is 0 Å². The van der Waals surface area contributed by atoms with Gasteiger partial charge >= 0.3 is 5.97 Å². The van der Waals surface area contributed by atoms with Gasteiger partial charge in [-0.1, -0.05) is 23.7 Å². The van der Waals surface area contributed by atoms with Crippen molar-refractivity contribution in [2.24, 2.45) is 0 Å². The second kappa shape index (κ2) is 5.65. The highest BCUT2D eigenvalue weighted by Crippen LogP contribution is 2.29. The number of nitrogens with one attached hydrogen (secondary N) is 1. The summed E-state index contributed by atoms with van der Waals surface area (Å²) in [5.74, 6) is -1.44. The summed E-state index contributed by atoms with van der Waals surface area (Å²) in [4.78, 5) is 14.8. The van der Waals surface area contributed by atoms with Gasteiger partial charge in [0.1, 0.15) is 5.52 Å². The highest BCUT2D eigenvalue weighted by molar-refractivity contribution is 6.33. The number of carboxylic acid groups (broad SMARTS) is 1. The van der Waals surface area contributed by atoms with E-state index in [-0.39, 0.29) is 18.0 Å². The van der Waals surface area contributed by atoms with Gasteiger partial charge in [-0.25, -0.2) is 4.39 Å². The topological polar surface area (TPSA) is 75.4 Å². The maximum atomic E-state index is 13.5. The first-order chi connectivity index (χ1) is 10.5. The molecule has 1 heterocycles. The van der Waals surface area contributed by atoms with Crippen LogP contribution in [0.5, 0.6) is 0 Å².